The largest absolute Gasteiger partial charge is 0.495 e. The normalized spacial score (nSPS) is 18.4. The van der Waals surface area contributed by atoms with Crippen molar-refractivity contribution in [2.45, 2.75) is 19.1 Å². The Hall–Kier alpha value is -3.72. The van der Waals surface area contributed by atoms with Crippen molar-refractivity contribution >= 4 is 33.9 Å². The van der Waals surface area contributed by atoms with Crippen LogP contribution in [0.4, 0.5) is 4.39 Å². The van der Waals surface area contributed by atoms with Crippen LogP contribution in [0, 0.1) is 0 Å². The number of nitrogens with zero attached hydrogens (tertiary/aromatic N) is 5. The van der Waals surface area contributed by atoms with Crippen LogP contribution in [0.5, 0.6) is 5.75 Å². The summed E-state index contributed by atoms with van der Waals surface area (Å²) in [6, 6.07) is 6.43. The summed E-state index contributed by atoms with van der Waals surface area (Å²) < 4.78 is 21.6. The van der Waals surface area contributed by atoms with Gasteiger partial charge in [-0.3, -0.25) is 20.2 Å². The number of fused-ring (bicyclic) bond motifs is 2. The molecule has 2 aliphatic heterocycles. The molecule has 10 heteroatoms. The van der Waals surface area contributed by atoms with Crippen LogP contribution in [0.1, 0.15) is 18.7 Å². The molecule has 2 atom stereocenters. The lowest BCUT2D eigenvalue weighted by Gasteiger charge is -2.31. The third-order valence-corrected chi connectivity index (χ3v) is 5.75. The van der Waals surface area contributed by atoms with E-state index < -0.39 is 18.0 Å². The van der Waals surface area contributed by atoms with Gasteiger partial charge in [0.05, 0.1) is 41.0 Å². The Kier molecular flexibility index (Phi) is 4.90. The average Bonchev–Trinajstić information content (AvgIpc) is 3.24. The second-order valence-electron chi connectivity index (χ2n) is 7.43. The third-order valence-electron chi connectivity index (χ3n) is 5.53. The predicted molar refractivity (Wildman–Crippen MR) is 120 cm³/mol. The molecular weight excluding hydrogens is 435 g/mol. The van der Waals surface area contributed by atoms with E-state index in [1.165, 1.54) is 19.4 Å². The Balaban J connectivity index is 1.52. The number of hydrazone groups is 1. The lowest BCUT2D eigenvalue weighted by molar-refractivity contribution is 0.270. The van der Waals surface area contributed by atoms with Crippen LogP contribution in [0.2, 0.25) is 5.02 Å². The van der Waals surface area contributed by atoms with Crippen molar-refractivity contribution in [3.63, 3.8) is 0 Å². The SMILES string of the molecule is COc1cnc2ccn([C@H](C)C3NN=C4C(F)=CC(c5ccc(Cl)cn5)=CN43)c(=O)c2c1. The number of hydrogen-bond acceptors (Lipinski definition) is 7. The zero-order chi connectivity index (χ0) is 22.4. The summed E-state index contributed by atoms with van der Waals surface area (Å²) in [5, 5.41) is 5.07. The van der Waals surface area contributed by atoms with Gasteiger partial charge in [0.15, 0.2) is 11.7 Å². The molecule has 0 aromatic carbocycles. The molecule has 0 saturated carbocycles. The Labute approximate surface area is 187 Å². The molecular formula is C22H18ClFN6O2. The van der Waals surface area contributed by atoms with Crippen molar-refractivity contribution in [3.05, 3.63) is 82.0 Å². The minimum Gasteiger partial charge on any atom is -0.495 e. The summed E-state index contributed by atoms with van der Waals surface area (Å²) >= 11 is 5.92. The zero-order valence-electron chi connectivity index (χ0n) is 17.2. The first-order chi connectivity index (χ1) is 15.5. The number of aromatic nitrogens is 3. The number of ether oxygens (including phenoxy) is 1. The van der Waals surface area contributed by atoms with Crippen LogP contribution in [-0.2, 0) is 0 Å². The molecule has 0 amide bonds. The van der Waals surface area contributed by atoms with E-state index in [4.69, 9.17) is 16.3 Å². The molecule has 2 aliphatic rings. The van der Waals surface area contributed by atoms with Gasteiger partial charge in [0.2, 0.25) is 0 Å². The minimum absolute atomic E-state index is 0.150. The topological polar surface area (TPSA) is 84.6 Å². The van der Waals surface area contributed by atoms with Crippen molar-refractivity contribution in [2.24, 2.45) is 5.10 Å². The van der Waals surface area contributed by atoms with E-state index >= 15 is 0 Å². The maximum atomic E-state index is 14.8. The molecule has 0 spiro atoms. The first-order valence-electron chi connectivity index (χ1n) is 9.84. The van der Waals surface area contributed by atoms with E-state index in [1.807, 2.05) is 6.92 Å². The number of allylic oxidation sites excluding steroid dienone is 2. The monoisotopic (exact) mass is 452 g/mol. The fraction of sp³-hybridized carbons (Fsp3) is 0.182. The second kappa shape index (κ2) is 7.76. The molecule has 0 bridgehead atoms. The van der Waals surface area contributed by atoms with Gasteiger partial charge in [-0.1, -0.05) is 11.6 Å². The van der Waals surface area contributed by atoms with E-state index in [0.29, 0.717) is 32.9 Å². The van der Waals surface area contributed by atoms with Gasteiger partial charge in [-0.05, 0) is 37.3 Å². The lowest BCUT2D eigenvalue weighted by atomic mass is 10.1. The highest BCUT2D eigenvalue weighted by atomic mass is 35.5. The molecule has 1 N–H and O–H groups in total. The molecule has 0 radical (unpaired) electrons. The van der Waals surface area contributed by atoms with Gasteiger partial charge in [-0.2, -0.15) is 5.10 Å². The first-order valence-corrected chi connectivity index (χ1v) is 10.2. The van der Waals surface area contributed by atoms with Crippen molar-refractivity contribution in [1.29, 1.82) is 0 Å². The molecule has 1 unspecified atom stereocenters. The first kappa shape index (κ1) is 20.2. The van der Waals surface area contributed by atoms with Crippen LogP contribution >= 0.6 is 11.6 Å². The smallest absolute Gasteiger partial charge is 0.260 e. The van der Waals surface area contributed by atoms with Crippen LogP contribution in [0.25, 0.3) is 16.5 Å². The van der Waals surface area contributed by atoms with Gasteiger partial charge in [0.25, 0.3) is 5.56 Å². The summed E-state index contributed by atoms with van der Waals surface area (Å²) in [5.41, 5.74) is 4.43. The summed E-state index contributed by atoms with van der Waals surface area (Å²) in [7, 11) is 1.52. The number of pyridine rings is 3. The van der Waals surface area contributed by atoms with Crippen molar-refractivity contribution in [2.75, 3.05) is 7.11 Å². The van der Waals surface area contributed by atoms with Gasteiger partial charge in [-0.25, -0.2) is 4.39 Å². The van der Waals surface area contributed by atoms with Gasteiger partial charge < -0.3 is 14.2 Å². The molecule has 0 fully saturated rings. The Morgan fingerprint density at radius 3 is 2.84 bits per heavy atom. The molecule has 8 nitrogen and oxygen atoms in total. The molecule has 5 heterocycles. The number of methoxy groups -OCH3 is 1. The van der Waals surface area contributed by atoms with Crippen molar-refractivity contribution < 1.29 is 9.13 Å². The molecule has 162 valence electrons. The van der Waals surface area contributed by atoms with Crippen LogP contribution < -0.4 is 15.7 Å². The van der Waals surface area contributed by atoms with E-state index in [2.05, 4.69) is 20.5 Å². The van der Waals surface area contributed by atoms with Gasteiger partial charge >= 0.3 is 0 Å². The minimum atomic E-state index is -0.500. The van der Waals surface area contributed by atoms with Gasteiger partial charge in [-0.15, -0.1) is 0 Å². The van der Waals surface area contributed by atoms with Crippen molar-refractivity contribution in [3.8, 4) is 5.75 Å². The Bertz CT molecular complexity index is 1370. The summed E-state index contributed by atoms with van der Waals surface area (Å²) in [6.07, 6.45) is 7.38. The fourth-order valence-corrected chi connectivity index (χ4v) is 3.93. The summed E-state index contributed by atoms with van der Waals surface area (Å²) in [6.45, 7) is 1.86. The highest BCUT2D eigenvalue weighted by Gasteiger charge is 2.36. The number of hydrogen-bond donors (Lipinski definition) is 1. The number of rotatable bonds is 4. The number of nitrogens with one attached hydrogen (secondary N) is 1. The quantitative estimate of drug-likeness (QED) is 0.652. The highest BCUT2D eigenvalue weighted by molar-refractivity contribution is 6.30. The predicted octanol–water partition coefficient (Wildman–Crippen LogP) is 3.47. The van der Waals surface area contributed by atoms with Crippen molar-refractivity contribution in [1.82, 2.24) is 24.9 Å². The molecule has 3 aromatic rings. The van der Waals surface area contributed by atoms with Crippen LogP contribution in [-0.4, -0.2) is 38.5 Å². The molecule has 3 aromatic heterocycles. The Morgan fingerprint density at radius 2 is 2.09 bits per heavy atom. The molecule has 5 rings (SSSR count). The van der Waals surface area contributed by atoms with Gasteiger partial charge in [0.1, 0.15) is 11.9 Å². The Morgan fingerprint density at radius 1 is 1.25 bits per heavy atom. The molecule has 0 aliphatic carbocycles. The maximum Gasteiger partial charge on any atom is 0.260 e. The fourth-order valence-electron chi connectivity index (χ4n) is 3.81. The standard InChI is InChI=1S/C22H18ClFN6O2/c1-12(29-6-5-19-16(22(29)31)8-15(32-2)10-26-19)20-27-28-21-17(24)7-13(11-30(20)21)18-4-3-14(23)9-25-18/h3-12,20,27H,1-2H3/t12-,20?/m1/s1. The maximum absolute atomic E-state index is 14.8. The summed E-state index contributed by atoms with van der Waals surface area (Å²) in [4.78, 5) is 23.4. The second-order valence-corrected chi connectivity index (χ2v) is 7.87. The van der Waals surface area contributed by atoms with E-state index in [9.17, 15) is 9.18 Å². The third kappa shape index (κ3) is 3.31. The van der Waals surface area contributed by atoms with Gasteiger partial charge in [0, 0.05) is 24.2 Å². The lowest BCUT2D eigenvalue weighted by Crippen LogP contribution is -2.45. The van der Waals surface area contributed by atoms with Crippen LogP contribution in [0.3, 0.4) is 0 Å². The van der Waals surface area contributed by atoms with Crippen LogP contribution in [0.15, 0.2) is 70.9 Å². The average molecular weight is 453 g/mol. The highest BCUT2D eigenvalue weighted by Crippen LogP contribution is 2.30. The number of halogens is 2. The van der Waals surface area contributed by atoms with E-state index in [-0.39, 0.29) is 11.4 Å². The molecule has 32 heavy (non-hydrogen) atoms. The zero-order valence-corrected chi connectivity index (χ0v) is 17.9. The summed E-state index contributed by atoms with van der Waals surface area (Å²) in [5.74, 6) is 0.147. The number of amidine groups is 1. The van der Waals surface area contributed by atoms with E-state index in [1.54, 1.807) is 52.3 Å². The van der Waals surface area contributed by atoms with E-state index in [0.717, 1.165) is 0 Å². The molecule has 0 saturated heterocycles.